The van der Waals surface area contributed by atoms with E-state index in [0.717, 1.165) is 89.8 Å². The van der Waals surface area contributed by atoms with Gasteiger partial charge in [0.15, 0.2) is 0 Å². The van der Waals surface area contributed by atoms with Crippen molar-refractivity contribution < 1.29 is 0 Å². The van der Waals surface area contributed by atoms with E-state index < -0.39 is 0 Å². The van der Waals surface area contributed by atoms with Crippen molar-refractivity contribution in [2.45, 2.75) is 0 Å². The second kappa shape index (κ2) is 17.1. The quantitative estimate of drug-likeness (QED) is 0.138. The number of fused-ring (bicyclic) bond motifs is 2. The number of nitrogens with zero attached hydrogens (tertiary/aromatic N) is 6. The molecule has 0 bridgehead atoms. The fourth-order valence-electron chi connectivity index (χ4n) is 9.03. The fourth-order valence-corrected chi connectivity index (χ4v) is 9.03. The van der Waals surface area contributed by atoms with Crippen LogP contribution in [0.5, 0.6) is 0 Å². The Kier molecular flexibility index (Phi) is 10.2. The summed E-state index contributed by atoms with van der Waals surface area (Å²) in [6.07, 6.45) is 0. The number of para-hydroxylation sites is 4. The molecule has 66 heavy (non-hydrogen) atoms. The maximum atomic E-state index is 9.69. The van der Waals surface area contributed by atoms with E-state index in [1.165, 1.54) is 0 Å². The van der Waals surface area contributed by atoms with Gasteiger partial charge in [-0.1, -0.05) is 97.1 Å². The van der Waals surface area contributed by atoms with Gasteiger partial charge in [0, 0.05) is 56.3 Å². The first kappa shape index (κ1) is 39.5. The Hall–Kier alpha value is -9.36. The third-order valence-corrected chi connectivity index (χ3v) is 12.1. The maximum absolute atomic E-state index is 9.69. The second-order valence-corrected chi connectivity index (χ2v) is 16.1. The Morgan fingerprint density at radius 1 is 0.303 bits per heavy atom. The lowest BCUT2D eigenvalue weighted by Gasteiger charge is -2.25. The van der Waals surface area contributed by atoms with Crippen LogP contribution in [-0.4, -0.2) is 9.13 Å². The van der Waals surface area contributed by atoms with Gasteiger partial charge in [-0.2, -0.15) is 10.5 Å². The van der Waals surface area contributed by atoms with Crippen molar-refractivity contribution in [2.24, 2.45) is 0 Å². The zero-order valence-electron chi connectivity index (χ0n) is 35.8. The summed E-state index contributed by atoms with van der Waals surface area (Å²) in [7, 11) is 0. The molecule has 0 aliphatic rings. The van der Waals surface area contributed by atoms with Gasteiger partial charge in [-0.05, 0) is 157 Å². The molecule has 0 unspecified atom stereocenters. The molecule has 0 spiro atoms. The summed E-state index contributed by atoms with van der Waals surface area (Å²) >= 11 is 0. The predicted molar refractivity (Wildman–Crippen MR) is 270 cm³/mol. The number of nitriles is 2. The molecule has 0 atom stereocenters. The molecule has 310 valence electrons. The maximum Gasteiger partial charge on any atom is 0.0991 e. The summed E-state index contributed by atoms with van der Waals surface area (Å²) in [5.74, 6) is 0. The van der Waals surface area contributed by atoms with E-state index in [0.29, 0.717) is 11.1 Å². The van der Waals surface area contributed by atoms with E-state index in [-0.39, 0.29) is 0 Å². The van der Waals surface area contributed by atoms with Crippen LogP contribution in [0.3, 0.4) is 0 Å². The molecule has 6 heteroatoms. The third-order valence-electron chi connectivity index (χ3n) is 12.1. The molecule has 0 aliphatic heterocycles. The molecule has 6 nitrogen and oxygen atoms in total. The average molecular weight is 845 g/mol. The number of benzene rings is 9. The minimum Gasteiger partial charge on any atom is -0.311 e. The van der Waals surface area contributed by atoms with Gasteiger partial charge in [0.25, 0.3) is 0 Å². The van der Waals surface area contributed by atoms with E-state index in [1.807, 2.05) is 72.8 Å². The number of anilines is 6. The Morgan fingerprint density at radius 2 is 0.591 bits per heavy atom. The highest BCUT2D eigenvalue weighted by atomic mass is 15.1. The lowest BCUT2D eigenvalue weighted by atomic mass is 10.1. The van der Waals surface area contributed by atoms with Crippen molar-refractivity contribution in [1.82, 2.24) is 9.13 Å². The van der Waals surface area contributed by atoms with Crippen molar-refractivity contribution in [3.8, 4) is 46.0 Å². The molecule has 2 heterocycles. The molecule has 0 saturated heterocycles. The standard InChI is InChI=1S/C60H40N6/c61-41-43-21-25-45(26-22-43)57-37-47-40-60-48(39-59(47)65(57)55-33-29-53(30-34-55)63(49-13-5-1-6-14-49)50-15-7-2-8-16-50)38-58(46-27-23-44(42-62)24-28-46)66(60)56-35-31-54(32-36-56)64(51-17-9-3-10-18-51)52-19-11-4-12-20-52/h1-40H. The summed E-state index contributed by atoms with van der Waals surface area (Å²) in [6, 6.07) is 88.5. The van der Waals surface area contributed by atoms with Gasteiger partial charge in [0.05, 0.1) is 45.7 Å². The molecule has 0 fully saturated rings. The van der Waals surface area contributed by atoms with Gasteiger partial charge in [0.1, 0.15) is 0 Å². The molecule has 0 N–H and O–H groups in total. The van der Waals surface area contributed by atoms with Crippen LogP contribution in [0.15, 0.2) is 243 Å². The molecular weight excluding hydrogens is 805 g/mol. The highest BCUT2D eigenvalue weighted by Crippen LogP contribution is 2.41. The zero-order valence-corrected chi connectivity index (χ0v) is 35.8. The van der Waals surface area contributed by atoms with Crippen LogP contribution in [-0.2, 0) is 0 Å². The van der Waals surface area contributed by atoms with Gasteiger partial charge in [-0.25, -0.2) is 0 Å². The van der Waals surface area contributed by atoms with Gasteiger partial charge in [-0.3, -0.25) is 0 Å². The summed E-state index contributed by atoms with van der Waals surface area (Å²) in [6.45, 7) is 0. The lowest BCUT2D eigenvalue weighted by molar-refractivity contribution is 1.13. The number of hydrogen-bond donors (Lipinski definition) is 0. The molecule has 0 aliphatic carbocycles. The largest absolute Gasteiger partial charge is 0.311 e. The van der Waals surface area contributed by atoms with Crippen molar-refractivity contribution in [2.75, 3.05) is 9.80 Å². The van der Waals surface area contributed by atoms with E-state index >= 15 is 0 Å². The van der Waals surface area contributed by atoms with Crippen LogP contribution in [0.25, 0.3) is 55.7 Å². The van der Waals surface area contributed by atoms with Crippen LogP contribution >= 0.6 is 0 Å². The van der Waals surface area contributed by atoms with Gasteiger partial charge >= 0.3 is 0 Å². The molecule has 9 aromatic carbocycles. The Labute approximate surface area is 383 Å². The smallest absolute Gasteiger partial charge is 0.0991 e. The van der Waals surface area contributed by atoms with E-state index in [9.17, 15) is 10.5 Å². The van der Waals surface area contributed by atoms with Crippen molar-refractivity contribution in [1.29, 1.82) is 10.5 Å². The second-order valence-electron chi connectivity index (χ2n) is 16.1. The van der Waals surface area contributed by atoms with Gasteiger partial charge in [-0.15, -0.1) is 0 Å². The predicted octanol–water partition coefficient (Wildman–Crippen LogP) is 15.6. The average Bonchev–Trinajstić information content (AvgIpc) is 3.95. The zero-order chi connectivity index (χ0) is 44.4. The lowest BCUT2D eigenvalue weighted by Crippen LogP contribution is -2.09. The summed E-state index contributed by atoms with van der Waals surface area (Å²) < 4.78 is 4.65. The topological polar surface area (TPSA) is 63.9 Å². The molecule has 0 amide bonds. The molecule has 2 aromatic heterocycles. The van der Waals surface area contributed by atoms with Crippen LogP contribution in [0.4, 0.5) is 34.1 Å². The van der Waals surface area contributed by atoms with E-state index in [2.05, 4.69) is 201 Å². The Morgan fingerprint density at radius 3 is 0.879 bits per heavy atom. The molecular formula is C60H40N6. The summed E-state index contributed by atoms with van der Waals surface area (Å²) in [4.78, 5) is 4.53. The highest BCUT2D eigenvalue weighted by Gasteiger charge is 2.20. The summed E-state index contributed by atoms with van der Waals surface area (Å²) in [5, 5.41) is 21.5. The molecule has 0 radical (unpaired) electrons. The van der Waals surface area contributed by atoms with E-state index in [4.69, 9.17) is 0 Å². The van der Waals surface area contributed by atoms with Crippen LogP contribution in [0.1, 0.15) is 11.1 Å². The molecule has 0 saturated carbocycles. The number of hydrogen-bond acceptors (Lipinski definition) is 4. The first-order chi connectivity index (χ1) is 32.6. The van der Waals surface area contributed by atoms with Crippen LogP contribution in [0.2, 0.25) is 0 Å². The van der Waals surface area contributed by atoms with Crippen molar-refractivity contribution >= 4 is 55.9 Å². The van der Waals surface area contributed by atoms with Gasteiger partial charge in [0.2, 0.25) is 0 Å². The van der Waals surface area contributed by atoms with Crippen LogP contribution < -0.4 is 9.80 Å². The van der Waals surface area contributed by atoms with Crippen molar-refractivity contribution in [3.63, 3.8) is 0 Å². The number of rotatable bonds is 10. The molecule has 11 rings (SSSR count). The first-order valence-electron chi connectivity index (χ1n) is 21.9. The van der Waals surface area contributed by atoms with Crippen molar-refractivity contribution in [3.05, 3.63) is 254 Å². The summed E-state index contributed by atoms with van der Waals surface area (Å²) in [5.41, 5.74) is 15.8. The normalized spacial score (nSPS) is 11.0. The number of aromatic nitrogens is 2. The first-order valence-corrected chi connectivity index (χ1v) is 21.9. The van der Waals surface area contributed by atoms with E-state index in [1.54, 1.807) is 0 Å². The minimum absolute atomic E-state index is 0.615. The van der Waals surface area contributed by atoms with Gasteiger partial charge < -0.3 is 18.9 Å². The SMILES string of the molecule is N#Cc1ccc(-c2cc3cc4c(cc(-c5ccc(C#N)cc5)n4-c4ccc(N(c5ccccc5)c5ccccc5)cc4)cc3n2-c2ccc(N(c3ccccc3)c3ccccc3)cc2)cc1. The Balaban J connectivity index is 1.08. The monoisotopic (exact) mass is 844 g/mol. The molecule has 11 aromatic rings. The Bertz CT molecular complexity index is 3230. The highest BCUT2D eigenvalue weighted by molar-refractivity contribution is 6.02. The van der Waals surface area contributed by atoms with Crippen LogP contribution in [0, 0.1) is 22.7 Å². The fraction of sp³-hybridized carbons (Fsp3) is 0. The third kappa shape index (κ3) is 7.31. The minimum atomic E-state index is 0.615.